The number of imide groups is 1. The Morgan fingerprint density at radius 2 is 1.58 bits per heavy atom. The van der Waals surface area contributed by atoms with Crippen molar-refractivity contribution in [3.05, 3.63) is 60.2 Å². The van der Waals surface area contributed by atoms with Crippen molar-refractivity contribution in [3.8, 4) is 0 Å². The van der Waals surface area contributed by atoms with Crippen molar-refractivity contribution in [2.24, 2.45) is 0 Å². The van der Waals surface area contributed by atoms with Crippen molar-refractivity contribution in [1.82, 2.24) is 15.1 Å². The van der Waals surface area contributed by atoms with E-state index in [1.165, 1.54) is 4.90 Å². The van der Waals surface area contributed by atoms with Crippen molar-refractivity contribution in [2.45, 2.75) is 6.17 Å². The van der Waals surface area contributed by atoms with E-state index in [9.17, 15) is 9.59 Å². The lowest BCUT2D eigenvalue weighted by molar-refractivity contribution is 0.0347. The smallest absolute Gasteiger partial charge is 0.262 e. The molecule has 2 aliphatic heterocycles. The largest absolute Gasteiger partial charge is 0.314 e. The molecule has 0 aromatic heterocycles. The standard InChI is InChI=1S/C19H19N3O2/c1-2-16(21-11-9-20-10-12-21)22-18(23)14-7-3-5-13-6-4-8-15(17(13)14)19(22)24/h2-8,16,20H,1,9-12H2. The molecule has 0 spiro atoms. The van der Waals surface area contributed by atoms with E-state index in [1.807, 2.05) is 24.3 Å². The Morgan fingerprint density at radius 1 is 1.00 bits per heavy atom. The van der Waals surface area contributed by atoms with Crippen LogP contribution in [0.25, 0.3) is 10.8 Å². The van der Waals surface area contributed by atoms with Crippen LogP contribution < -0.4 is 5.32 Å². The summed E-state index contributed by atoms with van der Waals surface area (Å²) < 4.78 is 0. The second kappa shape index (κ2) is 5.85. The SMILES string of the molecule is C=CC(N1CCNCC1)N1C(=O)c2cccc3cccc(c23)C1=O. The maximum absolute atomic E-state index is 13.1. The van der Waals surface area contributed by atoms with Crippen LogP contribution in [-0.2, 0) is 0 Å². The number of amides is 2. The first-order valence-corrected chi connectivity index (χ1v) is 8.19. The van der Waals surface area contributed by atoms with Crippen molar-refractivity contribution in [2.75, 3.05) is 26.2 Å². The summed E-state index contributed by atoms with van der Waals surface area (Å²) in [6.45, 7) is 7.11. The molecule has 4 rings (SSSR count). The number of nitrogens with one attached hydrogen (secondary N) is 1. The van der Waals surface area contributed by atoms with E-state index >= 15 is 0 Å². The first kappa shape index (κ1) is 15.1. The molecule has 2 aromatic carbocycles. The van der Waals surface area contributed by atoms with E-state index in [-0.39, 0.29) is 11.8 Å². The van der Waals surface area contributed by atoms with Crippen LogP contribution in [0.1, 0.15) is 20.7 Å². The Balaban J connectivity index is 1.82. The number of carbonyl (C=O) groups excluding carboxylic acids is 2. The lowest BCUT2D eigenvalue weighted by Gasteiger charge is -2.40. The maximum Gasteiger partial charge on any atom is 0.262 e. The van der Waals surface area contributed by atoms with Gasteiger partial charge in [-0.15, -0.1) is 0 Å². The minimum Gasteiger partial charge on any atom is -0.314 e. The highest BCUT2D eigenvalue weighted by Gasteiger charge is 2.38. The third kappa shape index (κ3) is 2.17. The number of nitrogens with zero attached hydrogens (tertiary/aromatic N) is 2. The van der Waals surface area contributed by atoms with Gasteiger partial charge in [0, 0.05) is 42.7 Å². The van der Waals surface area contributed by atoms with Crippen molar-refractivity contribution in [3.63, 3.8) is 0 Å². The Labute approximate surface area is 140 Å². The number of carbonyl (C=O) groups is 2. The fraction of sp³-hybridized carbons (Fsp3) is 0.263. The Hall–Kier alpha value is -2.50. The lowest BCUT2D eigenvalue weighted by Crippen LogP contribution is -2.58. The van der Waals surface area contributed by atoms with Crippen LogP contribution in [0.4, 0.5) is 0 Å². The van der Waals surface area contributed by atoms with E-state index in [1.54, 1.807) is 18.2 Å². The zero-order valence-corrected chi connectivity index (χ0v) is 13.4. The summed E-state index contributed by atoms with van der Waals surface area (Å²) >= 11 is 0. The molecule has 1 N–H and O–H groups in total. The normalized spacial score (nSPS) is 19.6. The highest BCUT2D eigenvalue weighted by atomic mass is 16.2. The van der Waals surface area contributed by atoms with Gasteiger partial charge < -0.3 is 5.32 Å². The van der Waals surface area contributed by atoms with Crippen LogP contribution in [0.5, 0.6) is 0 Å². The predicted molar refractivity (Wildman–Crippen MR) is 92.9 cm³/mol. The summed E-state index contributed by atoms with van der Waals surface area (Å²) in [6, 6.07) is 11.2. The molecule has 1 fully saturated rings. The number of benzene rings is 2. The van der Waals surface area contributed by atoms with E-state index < -0.39 is 6.17 Å². The molecule has 0 bridgehead atoms. The quantitative estimate of drug-likeness (QED) is 0.692. The molecule has 1 saturated heterocycles. The van der Waals surface area contributed by atoms with E-state index in [2.05, 4.69) is 16.8 Å². The van der Waals surface area contributed by atoms with E-state index in [0.29, 0.717) is 11.1 Å². The van der Waals surface area contributed by atoms with Gasteiger partial charge in [-0.05, 0) is 17.5 Å². The Morgan fingerprint density at radius 3 is 2.12 bits per heavy atom. The molecule has 0 radical (unpaired) electrons. The third-order valence-corrected chi connectivity index (χ3v) is 4.80. The van der Waals surface area contributed by atoms with Gasteiger partial charge in [0.1, 0.15) is 6.17 Å². The zero-order valence-electron chi connectivity index (χ0n) is 13.4. The first-order chi connectivity index (χ1) is 11.7. The van der Waals surface area contributed by atoms with Gasteiger partial charge in [0.15, 0.2) is 0 Å². The molecule has 5 heteroatoms. The van der Waals surface area contributed by atoms with Gasteiger partial charge in [0.25, 0.3) is 11.8 Å². The Bertz CT molecular complexity index is 789. The minimum absolute atomic E-state index is 0.243. The van der Waals surface area contributed by atoms with Crippen LogP contribution in [0.15, 0.2) is 49.1 Å². The van der Waals surface area contributed by atoms with Crippen molar-refractivity contribution < 1.29 is 9.59 Å². The summed E-state index contributed by atoms with van der Waals surface area (Å²) in [5.74, 6) is -0.486. The summed E-state index contributed by atoms with van der Waals surface area (Å²) in [5.41, 5.74) is 1.18. The van der Waals surface area contributed by atoms with Crippen LogP contribution in [0.3, 0.4) is 0 Å². The van der Waals surface area contributed by atoms with Gasteiger partial charge in [-0.2, -0.15) is 0 Å². The first-order valence-electron chi connectivity index (χ1n) is 8.19. The monoisotopic (exact) mass is 321 g/mol. The summed E-state index contributed by atoms with van der Waals surface area (Å²) in [6.07, 6.45) is 1.27. The van der Waals surface area contributed by atoms with Crippen molar-refractivity contribution >= 4 is 22.6 Å². The molecular formula is C19H19N3O2. The highest BCUT2D eigenvalue weighted by molar-refractivity contribution is 6.25. The fourth-order valence-corrected chi connectivity index (χ4v) is 3.65. The van der Waals surface area contributed by atoms with Gasteiger partial charge in [0.05, 0.1) is 0 Å². The molecule has 2 amide bonds. The Kier molecular flexibility index (Phi) is 3.67. The third-order valence-electron chi connectivity index (χ3n) is 4.80. The molecule has 0 aliphatic carbocycles. The van der Waals surface area contributed by atoms with Gasteiger partial charge in [0.2, 0.25) is 0 Å². The molecule has 2 aliphatic rings. The fourth-order valence-electron chi connectivity index (χ4n) is 3.65. The molecule has 1 atom stereocenters. The second-order valence-electron chi connectivity index (χ2n) is 6.12. The van der Waals surface area contributed by atoms with Crippen LogP contribution >= 0.6 is 0 Å². The zero-order chi connectivity index (χ0) is 16.7. The molecule has 0 saturated carbocycles. The number of hydrogen-bond donors (Lipinski definition) is 1. The second-order valence-corrected chi connectivity index (χ2v) is 6.12. The van der Waals surface area contributed by atoms with Crippen LogP contribution in [-0.4, -0.2) is 54.0 Å². The summed E-state index contributed by atoms with van der Waals surface area (Å²) in [5, 5.41) is 4.97. The molecule has 24 heavy (non-hydrogen) atoms. The average molecular weight is 321 g/mol. The van der Waals surface area contributed by atoms with Gasteiger partial charge in [-0.3, -0.25) is 19.4 Å². The molecule has 1 unspecified atom stereocenters. The van der Waals surface area contributed by atoms with Crippen LogP contribution in [0.2, 0.25) is 0 Å². The molecular weight excluding hydrogens is 302 g/mol. The topological polar surface area (TPSA) is 52.6 Å². The van der Waals surface area contributed by atoms with E-state index in [4.69, 9.17) is 0 Å². The lowest BCUT2D eigenvalue weighted by atomic mass is 9.93. The predicted octanol–water partition coefficient (Wildman–Crippen LogP) is 1.85. The van der Waals surface area contributed by atoms with Gasteiger partial charge >= 0.3 is 0 Å². The number of rotatable bonds is 3. The van der Waals surface area contributed by atoms with Crippen molar-refractivity contribution in [1.29, 1.82) is 0 Å². The maximum atomic E-state index is 13.1. The average Bonchev–Trinajstić information content (AvgIpc) is 2.63. The van der Waals surface area contributed by atoms with Crippen LogP contribution in [0, 0.1) is 0 Å². The number of piperazine rings is 1. The van der Waals surface area contributed by atoms with E-state index in [0.717, 1.165) is 37.0 Å². The van der Waals surface area contributed by atoms with Gasteiger partial charge in [-0.1, -0.05) is 36.9 Å². The molecule has 5 nitrogen and oxygen atoms in total. The highest BCUT2D eigenvalue weighted by Crippen LogP contribution is 2.31. The molecule has 2 aromatic rings. The number of hydrogen-bond acceptors (Lipinski definition) is 4. The molecule has 122 valence electrons. The van der Waals surface area contributed by atoms with Gasteiger partial charge in [-0.25, -0.2) is 0 Å². The molecule has 2 heterocycles. The summed E-state index contributed by atoms with van der Waals surface area (Å²) in [7, 11) is 0. The summed E-state index contributed by atoms with van der Waals surface area (Å²) in [4.78, 5) is 29.6. The minimum atomic E-state index is -0.421.